The highest BCUT2D eigenvalue weighted by molar-refractivity contribution is 5.84. The molecule has 0 amide bonds. The smallest absolute Gasteiger partial charge is 0.191 e. The van der Waals surface area contributed by atoms with Gasteiger partial charge in [0, 0.05) is 36.7 Å². The van der Waals surface area contributed by atoms with Crippen LogP contribution >= 0.6 is 0 Å². The Balaban J connectivity index is 1.55. The molecule has 3 N–H and O–H groups in total. The van der Waals surface area contributed by atoms with E-state index in [1.807, 2.05) is 18.2 Å². The van der Waals surface area contributed by atoms with E-state index in [-0.39, 0.29) is 0 Å². The average molecular weight is 320 g/mol. The Morgan fingerprint density at radius 1 is 1.00 bits per heavy atom. The van der Waals surface area contributed by atoms with Crippen LogP contribution in [-0.2, 0) is 13.0 Å². The Labute approximate surface area is 143 Å². The first-order chi connectivity index (χ1) is 11.8. The second-order valence-corrected chi connectivity index (χ2v) is 5.86. The van der Waals surface area contributed by atoms with Gasteiger partial charge >= 0.3 is 0 Å². The largest absolute Gasteiger partial charge is 0.358 e. The van der Waals surface area contributed by atoms with Gasteiger partial charge in [-0.15, -0.1) is 0 Å². The predicted molar refractivity (Wildman–Crippen MR) is 101 cm³/mol. The van der Waals surface area contributed by atoms with Gasteiger partial charge in [-0.25, -0.2) is 0 Å². The maximum Gasteiger partial charge on any atom is 0.191 e. The van der Waals surface area contributed by atoms with E-state index in [4.69, 9.17) is 0 Å². The summed E-state index contributed by atoms with van der Waals surface area (Å²) in [4.78, 5) is 7.75. The van der Waals surface area contributed by atoms with Crippen molar-refractivity contribution in [3.8, 4) is 0 Å². The molecule has 24 heavy (non-hydrogen) atoms. The number of nitrogens with zero attached hydrogens (tertiary/aromatic N) is 1. The molecule has 0 unspecified atom stereocenters. The van der Waals surface area contributed by atoms with Gasteiger partial charge in [0.05, 0.1) is 0 Å². The number of guanidine groups is 1. The van der Waals surface area contributed by atoms with Crippen LogP contribution < -0.4 is 10.6 Å². The van der Waals surface area contributed by atoms with E-state index in [1.165, 1.54) is 27.7 Å². The van der Waals surface area contributed by atoms with E-state index in [2.05, 4.69) is 63.9 Å². The maximum absolute atomic E-state index is 4.29. The summed E-state index contributed by atoms with van der Waals surface area (Å²) in [5, 5.41) is 8.05. The first-order valence-corrected chi connectivity index (χ1v) is 8.32. The van der Waals surface area contributed by atoms with Gasteiger partial charge in [0.25, 0.3) is 0 Å². The number of aliphatic imine (C=N–C) groups is 1. The molecule has 4 heteroatoms. The van der Waals surface area contributed by atoms with Gasteiger partial charge < -0.3 is 15.6 Å². The molecule has 0 atom stereocenters. The van der Waals surface area contributed by atoms with Crippen molar-refractivity contribution in [1.29, 1.82) is 0 Å². The minimum Gasteiger partial charge on any atom is -0.358 e. The van der Waals surface area contributed by atoms with Crippen LogP contribution in [0.3, 0.4) is 0 Å². The van der Waals surface area contributed by atoms with E-state index < -0.39 is 0 Å². The van der Waals surface area contributed by atoms with Crippen LogP contribution in [-0.4, -0.2) is 24.5 Å². The second-order valence-electron chi connectivity index (χ2n) is 5.86. The molecule has 1 heterocycles. The zero-order valence-electron chi connectivity index (χ0n) is 14.3. The Hall–Kier alpha value is -2.75. The molecule has 1 aromatic heterocycles. The van der Waals surface area contributed by atoms with E-state index in [9.17, 15) is 0 Å². The van der Waals surface area contributed by atoms with Crippen molar-refractivity contribution in [2.75, 3.05) is 13.6 Å². The lowest BCUT2D eigenvalue weighted by atomic mass is 10.1. The summed E-state index contributed by atoms with van der Waals surface area (Å²) < 4.78 is 0. The third-order valence-electron chi connectivity index (χ3n) is 4.22. The van der Waals surface area contributed by atoms with Crippen molar-refractivity contribution in [2.45, 2.75) is 19.9 Å². The summed E-state index contributed by atoms with van der Waals surface area (Å²) in [6.45, 7) is 3.75. The van der Waals surface area contributed by atoms with Crippen molar-refractivity contribution in [3.05, 3.63) is 71.4 Å². The SMILES string of the molecule is CN=C(NCCc1c(C)[nH]c2ccccc12)NCc1ccccc1. The second kappa shape index (κ2) is 7.68. The summed E-state index contributed by atoms with van der Waals surface area (Å²) in [5.41, 5.74) is 5.06. The summed E-state index contributed by atoms with van der Waals surface area (Å²) >= 11 is 0. The molecule has 0 aliphatic carbocycles. The third kappa shape index (κ3) is 3.77. The summed E-state index contributed by atoms with van der Waals surface area (Å²) in [6.07, 6.45) is 0.960. The topological polar surface area (TPSA) is 52.2 Å². The molecule has 0 radical (unpaired) electrons. The number of benzene rings is 2. The van der Waals surface area contributed by atoms with Crippen molar-refractivity contribution in [3.63, 3.8) is 0 Å². The molecule has 0 saturated carbocycles. The Morgan fingerprint density at radius 3 is 2.54 bits per heavy atom. The quantitative estimate of drug-likeness (QED) is 0.498. The van der Waals surface area contributed by atoms with Gasteiger partial charge in [0.15, 0.2) is 5.96 Å². The van der Waals surface area contributed by atoms with Crippen LogP contribution in [0.4, 0.5) is 0 Å². The monoisotopic (exact) mass is 320 g/mol. The number of aromatic amines is 1. The van der Waals surface area contributed by atoms with Gasteiger partial charge in [0.2, 0.25) is 0 Å². The fourth-order valence-corrected chi connectivity index (χ4v) is 2.97. The number of hydrogen-bond donors (Lipinski definition) is 3. The number of nitrogens with one attached hydrogen (secondary N) is 3. The van der Waals surface area contributed by atoms with E-state index in [0.717, 1.165) is 25.5 Å². The standard InChI is InChI=1S/C20H24N4/c1-15-17(18-10-6-7-11-19(18)24-15)12-13-22-20(21-2)23-14-16-8-4-3-5-9-16/h3-11,24H,12-14H2,1-2H3,(H2,21,22,23). The van der Waals surface area contributed by atoms with Crippen LogP contribution in [0.2, 0.25) is 0 Å². The van der Waals surface area contributed by atoms with E-state index in [1.54, 1.807) is 7.05 Å². The van der Waals surface area contributed by atoms with Crippen LogP contribution in [0.5, 0.6) is 0 Å². The fourth-order valence-electron chi connectivity index (χ4n) is 2.97. The molecule has 0 fully saturated rings. The van der Waals surface area contributed by atoms with Gasteiger partial charge in [-0.3, -0.25) is 4.99 Å². The Kier molecular flexibility index (Phi) is 5.16. The minimum absolute atomic E-state index is 0.770. The predicted octanol–water partition coefficient (Wildman–Crippen LogP) is 3.38. The van der Waals surface area contributed by atoms with Gasteiger partial charge in [-0.05, 0) is 30.5 Å². The first-order valence-electron chi connectivity index (χ1n) is 8.32. The Morgan fingerprint density at radius 2 is 1.75 bits per heavy atom. The molecule has 0 aliphatic rings. The number of aromatic nitrogens is 1. The van der Waals surface area contributed by atoms with Crippen LogP contribution in [0.1, 0.15) is 16.8 Å². The van der Waals surface area contributed by atoms with E-state index in [0.29, 0.717) is 0 Å². The summed E-state index contributed by atoms with van der Waals surface area (Å²) in [7, 11) is 1.80. The van der Waals surface area contributed by atoms with Gasteiger partial charge in [0.1, 0.15) is 0 Å². The Bertz CT molecular complexity index is 818. The lowest BCUT2D eigenvalue weighted by molar-refractivity contribution is 0.794. The number of para-hydroxylation sites is 1. The zero-order valence-corrected chi connectivity index (χ0v) is 14.3. The van der Waals surface area contributed by atoms with Crippen molar-refractivity contribution < 1.29 is 0 Å². The summed E-state index contributed by atoms with van der Waals surface area (Å²) in [5.74, 6) is 0.830. The van der Waals surface area contributed by atoms with Gasteiger partial charge in [-0.1, -0.05) is 48.5 Å². The highest BCUT2D eigenvalue weighted by atomic mass is 15.2. The lowest BCUT2D eigenvalue weighted by Gasteiger charge is -2.12. The average Bonchev–Trinajstić information content (AvgIpc) is 2.94. The minimum atomic E-state index is 0.770. The maximum atomic E-state index is 4.29. The van der Waals surface area contributed by atoms with Crippen molar-refractivity contribution >= 4 is 16.9 Å². The number of aryl methyl sites for hydroxylation is 1. The molecular weight excluding hydrogens is 296 g/mol. The third-order valence-corrected chi connectivity index (χ3v) is 4.22. The molecule has 0 bridgehead atoms. The highest BCUT2D eigenvalue weighted by Gasteiger charge is 2.07. The fraction of sp³-hybridized carbons (Fsp3) is 0.250. The number of rotatable bonds is 5. The zero-order chi connectivity index (χ0) is 16.8. The molecule has 2 aromatic carbocycles. The van der Waals surface area contributed by atoms with Crippen LogP contribution in [0, 0.1) is 6.92 Å². The highest BCUT2D eigenvalue weighted by Crippen LogP contribution is 2.21. The molecule has 3 rings (SSSR count). The van der Waals surface area contributed by atoms with Crippen molar-refractivity contribution in [2.24, 2.45) is 4.99 Å². The molecular formula is C20H24N4. The molecule has 0 spiro atoms. The number of H-pyrrole nitrogens is 1. The first kappa shape index (κ1) is 16.1. The van der Waals surface area contributed by atoms with Crippen molar-refractivity contribution in [1.82, 2.24) is 15.6 Å². The summed E-state index contributed by atoms with van der Waals surface area (Å²) in [6, 6.07) is 18.8. The molecule has 4 nitrogen and oxygen atoms in total. The molecule has 0 saturated heterocycles. The molecule has 0 aliphatic heterocycles. The molecule has 124 valence electrons. The number of hydrogen-bond acceptors (Lipinski definition) is 1. The van der Waals surface area contributed by atoms with Crippen LogP contribution in [0.25, 0.3) is 10.9 Å². The van der Waals surface area contributed by atoms with E-state index >= 15 is 0 Å². The number of fused-ring (bicyclic) bond motifs is 1. The molecule has 3 aromatic rings. The van der Waals surface area contributed by atoms with Gasteiger partial charge in [-0.2, -0.15) is 0 Å². The normalized spacial score (nSPS) is 11.7. The lowest BCUT2D eigenvalue weighted by Crippen LogP contribution is -2.37. The van der Waals surface area contributed by atoms with Crippen LogP contribution in [0.15, 0.2) is 59.6 Å².